The molecule has 0 heterocycles. The van der Waals surface area contributed by atoms with Crippen molar-refractivity contribution < 1.29 is 9.84 Å². The minimum Gasteiger partial charge on any atom is -0.508 e. The third-order valence-corrected chi connectivity index (χ3v) is 4.44. The molecular weight excluding hydrogens is 272 g/mol. The van der Waals surface area contributed by atoms with Crippen molar-refractivity contribution in [1.29, 1.82) is 0 Å². The molecule has 0 bridgehead atoms. The average Bonchev–Trinajstić information content (AvgIpc) is 2.52. The first kappa shape index (κ1) is 16.7. The van der Waals surface area contributed by atoms with Crippen molar-refractivity contribution in [1.82, 2.24) is 0 Å². The number of methoxy groups -OCH3 is 1. The maximum Gasteiger partial charge on any atom is 0.126 e. The van der Waals surface area contributed by atoms with Crippen molar-refractivity contribution in [3.8, 4) is 11.5 Å². The fourth-order valence-corrected chi connectivity index (χ4v) is 3.09. The van der Waals surface area contributed by atoms with Gasteiger partial charge in [0.05, 0.1) is 7.11 Å². The van der Waals surface area contributed by atoms with Crippen LogP contribution in [0.1, 0.15) is 56.6 Å². The van der Waals surface area contributed by atoms with Gasteiger partial charge >= 0.3 is 0 Å². The minimum absolute atomic E-state index is 0.323. The van der Waals surface area contributed by atoms with Gasteiger partial charge in [-0.1, -0.05) is 37.0 Å². The Hall–Kier alpha value is -1.70. The lowest BCUT2D eigenvalue weighted by Gasteiger charge is -2.18. The van der Waals surface area contributed by atoms with Gasteiger partial charge in [-0.25, -0.2) is 0 Å². The van der Waals surface area contributed by atoms with Crippen LogP contribution >= 0.6 is 0 Å². The van der Waals surface area contributed by atoms with Crippen LogP contribution in [0.15, 0.2) is 30.4 Å². The summed E-state index contributed by atoms with van der Waals surface area (Å²) in [5.41, 5.74) is 3.00. The molecule has 1 saturated carbocycles. The van der Waals surface area contributed by atoms with Crippen LogP contribution in [-0.2, 0) is 6.42 Å². The first-order chi connectivity index (χ1) is 10.6. The van der Waals surface area contributed by atoms with E-state index in [-0.39, 0.29) is 0 Å². The summed E-state index contributed by atoms with van der Waals surface area (Å²) in [4.78, 5) is 0. The Balaban J connectivity index is 2.14. The van der Waals surface area contributed by atoms with Crippen LogP contribution in [-0.4, -0.2) is 12.2 Å². The lowest BCUT2D eigenvalue weighted by atomic mass is 9.88. The maximum absolute atomic E-state index is 10.3. The lowest BCUT2D eigenvalue weighted by Crippen LogP contribution is -2.02. The number of phenols is 1. The Kier molecular flexibility index (Phi) is 6.11. The largest absolute Gasteiger partial charge is 0.508 e. The van der Waals surface area contributed by atoms with Crippen molar-refractivity contribution in [3.63, 3.8) is 0 Å². The highest BCUT2D eigenvalue weighted by atomic mass is 16.5. The SMILES string of the molecule is C=C(C)CCc1c(O)cc(C=CC2CCCCC2)cc1OC. The van der Waals surface area contributed by atoms with Crippen LogP contribution in [0.5, 0.6) is 11.5 Å². The Morgan fingerprint density at radius 2 is 2.05 bits per heavy atom. The number of hydrogen-bond acceptors (Lipinski definition) is 2. The van der Waals surface area contributed by atoms with Crippen LogP contribution in [0.2, 0.25) is 0 Å². The summed E-state index contributed by atoms with van der Waals surface area (Å²) in [5.74, 6) is 1.78. The molecular formula is C20H28O2. The van der Waals surface area contributed by atoms with E-state index < -0.39 is 0 Å². The molecule has 2 heteroatoms. The molecule has 120 valence electrons. The van der Waals surface area contributed by atoms with Gasteiger partial charge in [-0.05, 0) is 56.2 Å². The third kappa shape index (κ3) is 4.66. The third-order valence-electron chi connectivity index (χ3n) is 4.44. The van der Waals surface area contributed by atoms with E-state index in [9.17, 15) is 5.11 Å². The quantitative estimate of drug-likeness (QED) is 0.703. The first-order valence-corrected chi connectivity index (χ1v) is 8.32. The van der Waals surface area contributed by atoms with E-state index in [1.54, 1.807) is 7.11 Å². The number of benzene rings is 1. The van der Waals surface area contributed by atoms with Gasteiger partial charge in [0.1, 0.15) is 11.5 Å². The molecule has 1 aromatic rings. The number of ether oxygens (including phenoxy) is 1. The molecule has 0 atom stereocenters. The van der Waals surface area contributed by atoms with Gasteiger partial charge in [0.2, 0.25) is 0 Å². The fraction of sp³-hybridized carbons (Fsp3) is 0.500. The predicted molar refractivity (Wildman–Crippen MR) is 93.4 cm³/mol. The molecule has 0 amide bonds. The van der Waals surface area contributed by atoms with Gasteiger partial charge in [0, 0.05) is 5.56 Å². The molecule has 1 aliphatic carbocycles. The van der Waals surface area contributed by atoms with Crippen LogP contribution in [0.25, 0.3) is 6.08 Å². The molecule has 0 aliphatic heterocycles. The van der Waals surface area contributed by atoms with E-state index in [2.05, 4.69) is 18.7 Å². The van der Waals surface area contributed by atoms with E-state index >= 15 is 0 Å². The topological polar surface area (TPSA) is 29.5 Å². The van der Waals surface area contributed by atoms with Crippen LogP contribution in [0.4, 0.5) is 0 Å². The van der Waals surface area contributed by atoms with Gasteiger partial charge in [0.25, 0.3) is 0 Å². The van der Waals surface area contributed by atoms with Gasteiger partial charge in [-0.3, -0.25) is 0 Å². The number of rotatable bonds is 6. The summed E-state index contributed by atoms with van der Waals surface area (Å²) in [5, 5.41) is 10.3. The summed E-state index contributed by atoms with van der Waals surface area (Å²) in [6, 6.07) is 3.86. The smallest absolute Gasteiger partial charge is 0.126 e. The Morgan fingerprint density at radius 1 is 1.32 bits per heavy atom. The van der Waals surface area contributed by atoms with Crippen molar-refractivity contribution in [3.05, 3.63) is 41.5 Å². The monoisotopic (exact) mass is 300 g/mol. The molecule has 0 aromatic heterocycles. The average molecular weight is 300 g/mol. The molecule has 0 spiro atoms. The molecule has 2 nitrogen and oxygen atoms in total. The zero-order valence-corrected chi connectivity index (χ0v) is 13.9. The van der Waals surface area contributed by atoms with Crippen LogP contribution in [0, 0.1) is 5.92 Å². The van der Waals surface area contributed by atoms with Gasteiger partial charge in [-0.15, -0.1) is 6.58 Å². The highest BCUT2D eigenvalue weighted by molar-refractivity contribution is 5.59. The van der Waals surface area contributed by atoms with Gasteiger partial charge in [0.15, 0.2) is 0 Å². The lowest BCUT2D eigenvalue weighted by molar-refractivity contribution is 0.399. The molecule has 1 N–H and O–H groups in total. The van der Waals surface area contributed by atoms with Crippen LogP contribution < -0.4 is 4.74 Å². The highest BCUT2D eigenvalue weighted by Gasteiger charge is 2.12. The molecule has 0 unspecified atom stereocenters. The van der Waals surface area contributed by atoms with E-state index in [1.165, 1.54) is 32.1 Å². The number of hydrogen-bond donors (Lipinski definition) is 1. The number of allylic oxidation sites excluding steroid dienone is 2. The van der Waals surface area contributed by atoms with E-state index in [0.29, 0.717) is 11.7 Å². The normalized spacial score (nSPS) is 16.1. The maximum atomic E-state index is 10.3. The Labute approximate surface area is 134 Å². The summed E-state index contributed by atoms with van der Waals surface area (Å²) >= 11 is 0. The Bertz CT molecular complexity index is 537. The number of aromatic hydroxyl groups is 1. The molecule has 0 saturated heterocycles. The fourth-order valence-electron chi connectivity index (χ4n) is 3.09. The van der Waals surface area contributed by atoms with Crippen molar-refractivity contribution in [2.24, 2.45) is 5.92 Å². The molecule has 1 fully saturated rings. The second kappa shape index (κ2) is 8.07. The highest BCUT2D eigenvalue weighted by Crippen LogP contribution is 2.33. The summed E-state index contributed by atoms with van der Waals surface area (Å²) in [7, 11) is 1.66. The molecule has 2 rings (SSSR count). The van der Waals surface area contributed by atoms with E-state index in [4.69, 9.17) is 4.74 Å². The molecule has 1 aromatic carbocycles. The zero-order valence-electron chi connectivity index (χ0n) is 13.9. The summed E-state index contributed by atoms with van der Waals surface area (Å²) in [6.07, 6.45) is 12.7. The number of phenolic OH excluding ortho intramolecular Hbond substituents is 1. The Morgan fingerprint density at radius 3 is 2.68 bits per heavy atom. The van der Waals surface area contributed by atoms with Crippen molar-refractivity contribution in [2.75, 3.05) is 7.11 Å². The van der Waals surface area contributed by atoms with Gasteiger partial charge < -0.3 is 9.84 Å². The standard InChI is InChI=1S/C20H28O2/c1-15(2)9-12-18-19(21)13-17(14-20(18)22-3)11-10-16-7-5-4-6-8-16/h10-11,13-14,16,21H,1,4-9,12H2,2-3H3. The van der Waals surface area contributed by atoms with Crippen molar-refractivity contribution >= 4 is 6.08 Å². The summed E-state index contributed by atoms with van der Waals surface area (Å²) in [6.45, 7) is 5.93. The first-order valence-electron chi connectivity index (χ1n) is 8.32. The van der Waals surface area contributed by atoms with E-state index in [0.717, 1.165) is 35.3 Å². The van der Waals surface area contributed by atoms with Gasteiger partial charge in [-0.2, -0.15) is 0 Å². The van der Waals surface area contributed by atoms with Crippen LogP contribution in [0.3, 0.4) is 0 Å². The second-order valence-electron chi connectivity index (χ2n) is 6.44. The predicted octanol–water partition coefficient (Wildman–Crippen LogP) is 5.50. The summed E-state index contributed by atoms with van der Waals surface area (Å²) < 4.78 is 5.47. The molecule has 0 radical (unpaired) electrons. The second-order valence-corrected chi connectivity index (χ2v) is 6.44. The van der Waals surface area contributed by atoms with Crippen molar-refractivity contribution in [2.45, 2.75) is 51.9 Å². The molecule has 22 heavy (non-hydrogen) atoms. The molecule has 1 aliphatic rings. The zero-order chi connectivity index (χ0) is 15.9. The van der Waals surface area contributed by atoms with E-state index in [1.807, 2.05) is 19.1 Å². The minimum atomic E-state index is 0.323.